The number of aromatic nitrogens is 2. The minimum atomic E-state index is 0.126. The fourth-order valence-corrected chi connectivity index (χ4v) is 1.75. The second-order valence-electron chi connectivity index (χ2n) is 5.64. The quantitative estimate of drug-likeness (QED) is 0.872. The Morgan fingerprint density at radius 3 is 2.00 bits per heavy atom. The Balaban J connectivity index is 2.86. The molecule has 1 aromatic heterocycles. The zero-order chi connectivity index (χ0) is 13.1. The first kappa shape index (κ1) is 14.1. The predicted octanol–water partition coefficient (Wildman–Crippen LogP) is 2.93. The van der Waals surface area contributed by atoms with Gasteiger partial charge in [-0.15, -0.1) is 0 Å². The summed E-state index contributed by atoms with van der Waals surface area (Å²) in [6.07, 6.45) is 2.06. The summed E-state index contributed by atoms with van der Waals surface area (Å²) in [5.41, 5.74) is 3.58. The Labute approximate surface area is 105 Å². The highest BCUT2D eigenvalue weighted by molar-refractivity contribution is 5.24. The third-order valence-electron chi connectivity index (χ3n) is 2.74. The van der Waals surface area contributed by atoms with Crippen LogP contribution in [0.4, 0.5) is 0 Å². The molecule has 0 atom stereocenters. The molecular formula is C14H25N3. The minimum absolute atomic E-state index is 0.126. The zero-order valence-electron chi connectivity index (χ0n) is 12.0. The van der Waals surface area contributed by atoms with Crippen molar-refractivity contribution in [1.29, 1.82) is 0 Å². The van der Waals surface area contributed by atoms with Crippen LogP contribution in [0.2, 0.25) is 0 Å². The molecule has 1 rings (SSSR count). The molecule has 0 fully saturated rings. The standard InChI is InChI=1S/C14H25N3/c1-7-8-13-16-10(2)12(11(3)17-13)9-15-14(4,5)6/h15H,7-9H2,1-6H3. The van der Waals surface area contributed by atoms with Crippen molar-refractivity contribution in [2.45, 2.75) is 66.5 Å². The first-order valence-electron chi connectivity index (χ1n) is 6.41. The van der Waals surface area contributed by atoms with Gasteiger partial charge < -0.3 is 5.32 Å². The maximum absolute atomic E-state index is 4.57. The molecule has 0 saturated carbocycles. The monoisotopic (exact) mass is 235 g/mol. The van der Waals surface area contributed by atoms with Crippen molar-refractivity contribution in [3.63, 3.8) is 0 Å². The van der Waals surface area contributed by atoms with E-state index in [-0.39, 0.29) is 5.54 Å². The van der Waals surface area contributed by atoms with Crippen molar-refractivity contribution in [2.75, 3.05) is 0 Å². The van der Waals surface area contributed by atoms with E-state index in [4.69, 9.17) is 0 Å². The lowest BCUT2D eigenvalue weighted by Gasteiger charge is -2.22. The van der Waals surface area contributed by atoms with E-state index >= 15 is 0 Å². The molecule has 0 unspecified atom stereocenters. The number of nitrogens with one attached hydrogen (secondary N) is 1. The molecule has 1 N–H and O–H groups in total. The Morgan fingerprint density at radius 2 is 1.59 bits per heavy atom. The van der Waals surface area contributed by atoms with Crippen LogP contribution in [0, 0.1) is 13.8 Å². The summed E-state index contributed by atoms with van der Waals surface area (Å²) in [6.45, 7) is 13.7. The van der Waals surface area contributed by atoms with Crippen LogP contribution >= 0.6 is 0 Å². The van der Waals surface area contributed by atoms with Gasteiger partial charge in [0.25, 0.3) is 0 Å². The molecule has 0 aromatic carbocycles. The van der Waals surface area contributed by atoms with Gasteiger partial charge in [-0.2, -0.15) is 0 Å². The molecule has 1 aromatic rings. The van der Waals surface area contributed by atoms with Gasteiger partial charge in [-0.25, -0.2) is 9.97 Å². The Hall–Kier alpha value is -0.960. The Bertz CT molecular complexity index is 355. The summed E-state index contributed by atoms with van der Waals surface area (Å²) in [4.78, 5) is 9.15. The van der Waals surface area contributed by atoms with Crippen molar-refractivity contribution in [2.24, 2.45) is 0 Å². The molecule has 0 saturated heterocycles. The summed E-state index contributed by atoms with van der Waals surface area (Å²) in [6, 6.07) is 0. The van der Waals surface area contributed by atoms with Crippen LogP contribution in [0.15, 0.2) is 0 Å². The minimum Gasteiger partial charge on any atom is -0.308 e. The van der Waals surface area contributed by atoms with Gasteiger partial charge in [0, 0.05) is 35.5 Å². The largest absolute Gasteiger partial charge is 0.308 e. The molecule has 3 heteroatoms. The topological polar surface area (TPSA) is 37.8 Å². The highest BCUT2D eigenvalue weighted by Crippen LogP contribution is 2.12. The molecule has 0 aliphatic heterocycles. The van der Waals surface area contributed by atoms with E-state index in [9.17, 15) is 0 Å². The van der Waals surface area contributed by atoms with E-state index in [2.05, 4.69) is 56.8 Å². The molecule has 1 heterocycles. The molecule has 96 valence electrons. The first-order chi connectivity index (χ1) is 7.83. The highest BCUT2D eigenvalue weighted by Gasteiger charge is 2.12. The van der Waals surface area contributed by atoms with Gasteiger partial charge in [-0.3, -0.25) is 0 Å². The summed E-state index contributed by atoms with van der Waals surface area (Å²) in [5, 5.41) is 3.49. The van der Waals surface area contributed by atoms with Crippen LogP contribution in [0.1, 0.15) is 56.9 Å². The number of hydrogen-bond acceptors (Lipinski definition) is 3. The number of aryl methyl sites for hydroxylation is 3. The number of nitrogens with zero attached hydrogens (tertiary/aromatic N) is 2. The molecule has 0 aliphatic carbocycles. The van der Waals surface area contributed by atoms with E-state index < -0.39 is 0 Å². The maximum Gasteiger partial charge on any atom is 0.128 e. The molecule has 0 bridgehead atoms. The van der Waals surface area contributed by atoms with Gasteiger partial charge in [0.15, 0.2) is 0 Å². The summed E-state index contributed by atoms with van der Waals surface area (Å²) in [7, 11) is 0. The summed E-state index contributed by atoms with van der Waals surface area (Å²) < 4.78 is 0. The third-order valence-corrected chi connectivity index (χ3v) is 2.74. The van der Waals surface area contributed by atoms with Crippen molar-refractivity contribution in [1.82, 2.24) is 15.3 Å². The molecule has 0 aliphatic rings. The lowest BCUT2D eigenvalue weighted by Crippen LogP contribution is -2.35. The molecule has 0 spiro atoms. The predicted molar refractivity (Wildman–Crippen MR) is 72.1 cm³/mol. The second-order valence-corrected chi connectivity index (χ2v) is 5.64. The normalized spacial score (nSPS) is 11.9. The van der Waals surface area contributed by atoms with Crippen LogP contribution in [0.25, 0.3) is 0 Å². The average Bonchev–Trinajstić information content (AvgIpc) is 2.14. The van der Waals surface area contributed by atoms with Crippen molar-refractivity contribution in [3.8, 4) is 0 Å². The van der Waals surface area contributed by atoms with Crippen molar-refractivity contribution < 1.29 is 0 Å². The SMILES string of the molecule is CCCc1nc(C)c(CNC(C)(C)C)c(C)n1. The molecule has 3 nitrogen and oxygen atoms in total. The lowest BCUT2D eigenvalue weighted by molar-refractivity contribution is 0.422. The fraction of sp³-hybridized carbons (Fsp3) is 0.714. The van der Waals surface area contributed by atoms with Crippen molar-refractivity contribution in [3.05, 3.63) is 22.8 Å². The Morgan fingerprint density at radius 1 is 1.06 bits per heavy atom. The average molecular weight is 235 g/mol. The Kier molecular flexibility index (Phi) is 4.63. The van der Waals surface area contributed by atoms with E-state index in [1.54, 1.807) is 0 Å². The molecule has 0 radical (unpaired) electrons. The van der Waals surface area contributed by atoms with Gasteiger partial charge in [0.2, 0.25) is 0 Å². The maximum atomic E-state index is 4.57. The highest BCUT2D eigenvalue weighted by atomic mass is 15.0. The van der Waals surface area contributed by atoms with Gasteiger partial charge in [-0.05, 0) is 41.0 Å². The second kappa shape index (κ2) is 5.58. The van der Waals surface area contributed by atoms with Gasteiger partial charge in [0.05, 0.1) is 0 Å². The van der Waals surface area contributed by atoms with Crippen LogP contribution in [0.5, 0.6) is 0 Å². The lowest BCUT2D eigenvalue weighted by atomic mass is 10.1. The molecular weight excluding hydrogens is 210 g/mol. The zero-order valence-corrected chi connectivity index (χ0v) is 12.0. The van der Waals surface area contributed by atoms with Crippen LogP contribution in [-0.2, 0) is 13.0 Å². The molecule has 17 heavy (non-hydrogen) atoms. The molecule has 0 amide bonds. The fourth-order valence-electron chi connectivity index (χ4n) is 1.75. The number of rotatable bonds is 4. The van der Waals surface area contributed by atoms with Gasteiger partial charge in [0.1, 0.15) is 5.82 Å². The first-order valence-corrected chi connectivity index (χ1v) is 6.41. The van der Waals surface area contributed by atoms with E-state index in [0.29, 0.717) is 0 Å². The number of hydrogen-bond donors (Lipinski definition) is 1. The van der Waals surface area contributed by atoms with Gasteiger partial charge >= 0.3 is 0 Å². The van der Waals surface area contributed by atoms with E-state index in [0.717, 1.165) is 36.6 Å². The van der Waals surface area contributed by atoms with Gasteiger partial charge in [-0.1, -0.05) is 6.92 Å². The summed E-state index contributed by atoms with van der Waals surface area (Å²) >= 11 is 0. The summed E-state index contributed by atoms with van der Waals surface area (Å²) in [5.74, 6) is 0.974. The van der Waals surface area contributed by atoms with Crippen LogP contribution in [-0.4, -0.2) is 15.5 Å². The van der Waals surface area contributed by atoms with Crippen LogP contribution in [0.3, 0.4) is 0 Å². The van der Waals surface area contributed by atoms with Crippen molar-refractivity contribution >= 4 is 0 Å². The van der Waals surface area contributed by atoms with E-state index in [1.165, 1.54) is 5.56 Å². The smallest absolute Gasteiger partial charge is 0.128 e. The van der Waals surface area contributed by atoms with E-state index in [1.807, 2.05) is 0 Å². The van der Waals surface area contributed by atoms with Crippen LogP contribution < -0.4 is 5.32 Å². The third kappa shape index (κ3) is 4.43.